The third-order valence-electron chi connectivity index (χ3n) is 2.75. The van der Waals surface area contributed by atoms with Gasteiger partial charge in [0.15, 0.2) is 6.54 Å². The minimum absolute atomic E-state index is 0.389. The Morgan fingerprint density at radius 1 is 1.21 bits per heavy atom. The predicted molar refractivity (Wildman–Crippen MR) is 75.0 cm³/mol. The lowest BCUT2D eigenvalue weighted by molar-refractivity contribution is -0.884. The number of nitrogens with two attached hydrogens (primary N) is 1. The van der Waals surface area contributed by atoms with Crippen molar-refractivity contribution in [3.63, 3.8) is 0 Å². The smallest absolute Gasteiger partial charge is 0.0991 e. The van der Waals surface area contributed by atoms with Crippen LogP contribution in [0.25, 0.3) is 10.8 Å². The van der Waals surface area contributed by atoms with Crippen molar-refractivity contribution in [3.05, 3.63) is 72.8 Å². The zero-order chi connectivity index (χ0) is 13.5. The molecule has 0 spiro atoms. The monoisotopic (exact) mass is 254 g/mol. The quantitative estimate of drug-likeness (QED) is 0.384. The first-order valence-electron chi connectivity index (χ1n) is 6.09. The number of benzene rings is 2. The van der Waals surface area contributed by atoms with E-state index in [1.165, 1.54) is 28.4 Å². The van der Waals surface area contributed by atoms with Gasteiger partial charge in [0.05, 0.1) is 4.79 Å². The van der Waals surface area contributed by atoms with Crippen LogP contribution in [0.15, 0.2) is 67.3 Å². The number of hydrogen-bond acceptors (Lipinski definition) is 2. The van der Waals surface area contributed by atoms with Crippen LogP contribution in [0.1, 0.15) is 5.56 Å². The second-order valence-electron chi connectivity index (χ2n) is 4.04. The third kappa shape index (κ3) is 3.53. The molecule has 0 amide bonds. The van der Waals surface area contributed by atoms with Crippen molar-refractivity contribution in [1.29, 1.82) is 0 Å². The number of rotatable bonds is 5. The van der Waals surface area contributed by atoms with Gasteiger partial charge in [-0.05, 0) is 16.8 Å². The van der Waals surface area contributed by atoms with E-state index in [1.54, 1.807) is 6.08 Å². The number of fused-ring (bicyclic) bond motifs is 1. The minimum Gasteiger partial charge on any atom is -0.0991 e. The summed E-state index contributed by atoms with van der Waals surface area (Å²) in [6.07, 6.45) is 4.42. The maximum Gasteiger partial charge on any atom is 0.662 e. The zero-order valence-electron chi connectivity index (χ0n) is 10.6. The fourth-order valence-corrected chi connectivity index (χ4v) is 1.87. The summed E-state index contributed by atoms with van der Waals surface area (Å²) in [5.74, 6) is -0.389. The molecule has 3 nitrogen and oxygen atoms in total. The van der Waals surface area contributed by atoms with Gasteiger partial charge >= 0.3 is 5.97 Å². The van der Waals surface area contributed by atoms with E-state index in [9.17, 15) is 4.79 Å². The molecule has 0 atom stereocenters. The predicted octanol–water partition coefficient (Wildman–Crippen LogP) is 2.10. The summed E-state index contributed by atoms with van der Waals surface area (Å²) >= 11 is 0. The van der Waals surface area contributed by atoms with Crippen molar-refractivity contribution >= 4 is 16.7 Å². The van der Waals surface area contributed by atoms with Crippen LogP contribution in [-0.4, -0.2) is 5.97 Å². The molecule has 0 fully saturated rings. The lowest BCUT2D eigenvalue weighted by Gasteiger charge is -2.01. The van der Waals surface area contributed by atoms with Gasteiger partial charge in [-0.2, -0.15) is 0 Å². The van der Waals surface area contributed by atoms with Gasteiger partial charge in [-0.15, -0.1) is 0 Å². The molecule has 0 saturated heterocycles. The molecule has 0 unspecified atom stereocenters. The number of allylic oxidation sites excluding steroid dienone is 2. The molecule has 0 aliphatic carbocycles. The normalized spacial score (nSPS) is 10.7. The van der Waals surface area contributed by atoms with Crippen molar-refractivity contribution in [1.82, 2.24) is 0 Å². The lowest BCUT2D eigenvalue weighted by Crippen LogP contribution is -2.82. The molecule has 2 aromatic carbocycles. The molecule has 1 radical (unpaired) electrons. The van der Waals surface area contributed by atoms with Crippen LogP contribution in [-0.2, 0) is 16.2 Å². The summed E-state index contributed by atoms with van der Waals surface area (Å²) in [4.78, 5) is 16.3. The molecule has 0 bridgehead atoms. The van der Waals surface area contributed by atoms with Crippen molar-refractivity contribution in [2.24, 2.45) is 0 Å². The van der Waals surface area contributed by atoms with Crippen molar-refractivity contribution in [3.8, 4) is 0 Å². The molecule has 0 aliphatic rings. The van der Waals surface area contributed by atoms with Gasteiger partial charge in [0, 0.05) is 5.56 Å². The minimum atomic E-state index is -0.389. The Balaban J connectivity index is 2.00. The molecular formula is C16H16NO2+2. The number of hydroxylamine groups is 1. The molecule has 19 heavy (non-hydrogen) atoms. The van der Waals surface area contributed by atoms with Crippen LogP contribution in [0.4, 0.5) is 0 Å². The molecule has 0 aliphatic heterocycles. The van der Waals surface area contributed by atoms with Crippen LogP contribution >= 0.6 is 0 Å². The van der Waals surface area contributed by atoms with Gasteiger partial charge in [-0.3, -0.25) is 0 Å². The highest BCUT2D eigenvalue weighted by Gasteiger charge is 2.15. The van der Waals surface area contributed by atoms with E-state index in [2.05, 4.69) is 24.8 Å². The average Bonchev–Trinajstić information content (AvgIpc) is 2.45. The first-order valence-corrected chi connectivity index (χ1v) is 6.09. The Hall–Kier alpha value is -2.39. The van der Waals surface area contributed by atoms with E-state index in [-0.39, 0.29) is 5.97 Å². The van der Waals surface area contributed by atoms with Crippen LogP contribution in [0.2, 0.25) is 0 Å². The van der Waals surface area contributed by atoms with E-state index < -0.39 is 0 Å². The summed E-state index contributed by atoms with van der Waals surface area (Å²) in [6.45, 7) is 4.08. The first-order chi connectivity index (χ1) is 9.31. The van der Waals surface area contributed by atoms with Crippen molar-refractivity contribution in [2.45, 2.75) is 6.54 Å². The summed E-state index contributed by atoms with van der Waals surface area (Å²) < 4.78 is 0. The summed E-state index contributed by atoms with van der Waals surface area (Å²) in [5, 5.41) is 2.37. The molecular weight excluding hydrogens is 238 g/mol. The van der Waals surface area contributed by atoms with Gasteiger partial charge in [0.2, 0.25) is 0 Å². The average molecular weight is 254 g/mol. The molecule has 3 heteroatoms. The summed E-state index contributed by atoms with van der Waals surface area (Å²) in [5.41, 5.74) is 2.66. The van der Waals surface area contributed by atoms with E-state index in [4.69, 9.17) is 4.84 Å². The second kappa shape index (κ2) is 6.52. The van der Waals surface area contributed by atoms with E-state index in [1.807, 2.05) is 24.3 Å². The fraction of sp³-hybridized carbons (Fsp3) is 0.0625. The fourth-order valence-electron chi connectivity index (χ4n) is 1.87. The Morgan fingerprint density at radius 3 is 2.84 bits per heavy atom. The standard InChI is InChI=1S/C16H15NO2/c1-2-3-11-16(18)19-17-12-14-9-6-8-13-7-4-5-10-15(13)14/h2-11,17H,1,12H2/q+1/p+1/b11-3+. The molecule has 0 heterocycles. The Kier molecular flexibility index (Phi) is 4.48. The van der Waals surface area contributed by atoms with Gasteiger partial charge < -0.3 is 0 Å². The number of quaternary nitrogens is 1. The molecule has 0 saturated carbocycles. The molecule has 2 N–H and O–H groups in total. The van der Waals surface area contributed by atoms with Gasteiger partial charge in [0.25, 0.3) is 0 Å². The van der Waals surface area contributed by atoms with E-state index in [0.29, 0.717) is 6.54 Å². The van der Waals surface area contributed by atoms with Crippen molar-refractivity contribution in [2.75, 3.05) is 0 Å². The summed E-state index contributed by atoms with van der Waals surface area (Å²) in [6, 6.07) is 14.3. The van der Waals surface area contributed by atoms with Gasteiger partial charge in [-0.1, -0.05) is 65.4 Å². The SMILES string of the molecule is C=C/C=C/C(=[O+])O[NH2+]Cc1cccc2ccccc12. The first kappa shape index (κ1) is 13.1. The topological polar surface area (TPSA) is 45.7 Å². The Bertz CT molecular complexity index is 612. The Labute approximate surface area is 112 Å². The number of carbonyl (C=O) groups is 1. The largest absolute Gasteiger partial charge is 0.662 e. The van der Waals surface area contributed by atoms with E-state index >= 15 is 0 Å². The lowest BCUT2D eigenvalue weighted by atomic mass is 10.1. The van der Waals surface area contributed by atoms with Crippen LogP contribution in [0, 0.1) is 0 Å². The number of hydrogen-bond donors (Lipinski definition) is 1. The second-order valence-corrected chi connectivity index (χ2v) is 4.04. The van der Waals surface area contributed by atoms with Crippen LogP contribution in [0.3, 0.4) is 0 Å². The molecule has 2 aromatic rings. The van der Waals surface area contributed by atoms with Crippen LogP contribution in [0.5, 0.6) is 0 Å². The van der Waals surface area contributed by atoms with Crippen molar-refractivity contribution < 1.29 is 15.1 Å². The third-order valence-corrected chi connectivity index (χ3v) is 2.75. The number of carbonyl (C=O) groups excluding carboxylic acids is 1. The van der Waals surface area contributed by atoms with Gasteiger partial charge in [-0.25, -0.2) is 0 Å². The molecule has 0 aromatic heterocycles. The van der Waals surface area contributed by atoms with E-state index in [0.717, 1.165) is 5.56 Å². The maximum absolute atomic E-state index is 11.3. The zero-order valence-corrected chi connectivity index (χ0v) is 10.6. The maximum atomic E-state index is 11.3. The highest BCUT2D eigenvalue weighted by Crippen LogP contribution is 2.17. The van der Waals surface area contributed by atoms with Gasteiger partial charge in [0.1, 0.15) is 6.08 Å². The summed E-state index contributed by atoms with van der Waals surface area (Å²) in [7, 11) is 0. The highest BCUT2D eigenvalue weighted by molar-refractivity contribution is 5.85. The highest BCUT2D eigenvalue weighted by atomic mass is 16.7. The Morgan fingerprint density at radius 2 is 2.00 bits per heavy atom. The van der Waals surface area contributed by atoms with Crippen LogP contribution < -0.4 is 5.48 Å². The molecule has 95 valence electrons. The molecule has 2 rings (SSSR count).